The minimum absolute atomic E-state index is 0.112. The van der Waals surface area contributed by atoms with Crippen LogP contribution in [0.2, 0.25) is 0 Å². The summed E-state index contributed by atoms with van der Waals surface area (Å²) in [6.45, 7) is 1.45. The molecule has 0 atom stereocenters. The standard InChI is InChI=1S/C13H16N2O4/c1-14(11-4-6-19-7-5-11)12-2-3-13(15(17)18)10(8-12)9-16/h2-3,8-9,11H,4-7H2,1H3. The first kappa shape index (κ1) is 13.5. The Morgan fingerprint density at radius 2 is 2.11 bits per heavy atom. The molecule has 1 heterocycles. The van der Waals surface area contributed by atoms with Gasteiger partial charge in [0.25, 0.3) is 5.69 Å². The van der Waals surface area contributed by atoms with Crippen LogP contribution in [-0.2, 0) is 4.74 Å². The molecule has 1 aliphatic rings. The molecule has 0 spiro atoms. The molecule has 0 amide bonds. The molecule has 1 aromatic rings. The Bertz CT molecular complexity index is 484. The summed E-state index contributed by atoms with van der Waals surface area (Å²) in [6.07, 6.45) is 2.37. The summed E-state index contributed by atoms with van der Waals surface area (Å²) in [4.78, 5) is 23.2. The van der Waals surface area contributed by atoms with Gasteiger partial charge in [-0.1, -0.05) is 0 Å². The van der Waals surface area contributed by atoms with Crippen molar-refractivity contribution in [3.63, 3.8) is 0 Å². The molecule has 1 fully saturated rings. The minimum atomic E-state index is -0.540. The van der Waals surface area contributed by atoms with Crippen LogP contribution in [0.3, 0.4) is 0 Å². The fourth-order valence-corrected chi connectivity index (χ4v) is 2.31. The van der Waals surface area contributed by atoms with Crippen molar-refractivity contribution in [2.45, 2.75) is 18.9 Å². The number of carbonyl (C=O) groups excluding carboxylic acids is 1. The van der Waals surface area contributed by atoms with Gasteiger partial charge in [-0.3, -0.25) is 14.9 Å². The first-order chi connectivity index (χ1) is 9.13. The molecule has 0 aliphatic carbocycles. The molecule has 2 rings (SSSR count). The third kappa shape index (κ3) is 2.90. The third-order valence-corrected chi connectivity index (χ3v) is 3.48. The number of nitrogens with zero attached hydrogens (tertiary/aromatic N) is 2. The van der Waals surface area contributed by atoms with E-state index in [1.54, 1.807) is 12.1 Å². The fraction of sp³-hybridized carbons (Fsp3) is 0.462. The van der Waals surface area contributed by atoms with Crippen molar-refractivity contribution >= 4 is 17.7 Å². The summed E-state index contributed by atoms with van der Waals surface area (Å²) in [5.74, 6) is 0. The zero-order valence-electron chi connectivity index (χ0n) is 10.7. The summed E-state index contributed by atoms with van der Waals surface area (Å²) in [5, 5.41) is 10.8. The zero-order valence-corrected chi connectivity index (χ0v) is 10.7. The van der Waals surface area contributed by atoms with E-state index in [-0.39, 0.29) is 11.3 Å². The minimum Gasteiger partial charge on any atom is -0.381 e. The van der Waals surface area contributed by atoms with E-state index in [0.717, 1.165) is 31.7 Å². The van der Waals surface area contributed by atoms with Crippen molar-refractivity contribution in [2.75, 3.05) is 25.2 Å². The van der Waals surface area contributed by atoms with Crippen LogP contribution in [0.5, 0.6) is 0 Å². The molecule has 0 N–H and O–H groups in total. The highest BCUT2D eigenvalue weighted by Crippen LogP contribution is 2.26. The van der Waals surface area contributed by atoms with Crippen LogP contribution in [0.15, 0.2) is 18.2 Å². The number of ether oxygens (including phenoxy) is 1. The van der Waals surface area contributed by atoms with Gasteiger partial charge < -0.3 is 9.64 Å². The quantitative estimate of drug-likeness (QED) is 0.472. The van der Waals surface area contributed by atoms with Gasteiger partial charge >= 0.3 is 0 Å². The molecular formula is C13H16N2O4. The van der Waals surface area contributed by atoms with Crippen molar-refractivity contribution in [3.8, 4) is 0 Å². The maximum absolute atomic E-state index is 10.9. The van der Waals surface area contributed by atoms with Gasteiger partial charge in [0, 0.05) is 38.1 Å². The van der Waals surface area contributed by atoms with Gasteiger partial charge in [0.15, 0.2) is 6.29 Å². The molecule has 0 unspecified atom stereocenters. The summed E-state index contributed by atoms with van der Waals surface area (Å²) < 4.78 is 5.31. The summed E-state index contributed by atoms with van der Waals surface area (Å²) >= 11 is 0. The van der Waals surface area contributed by atoms with E-state index in [4.69, 9.17) is 4.74 Å². The van der Waals surface area contributed by atoms with Crippen LogP contribution in [-0.4, -0.2) is 37.5 Å². The number of anilines is 1. The predicted molar refractivity (Wildman–Crippen MR) is 70.7 cm³/mol. The van der Waals surface area contributed by atoms with Crippen molar-refractivity contribution in [1.29, 1.82) is 0 Å². The van der Waals surface area contributed by atoms with Crippen LogP contribution in [0.25, 0.3) is 0 Å². The second-order valence-electron chi connectivity index (χ2n) is 4.57. The van der Waals surface area contributed by atoms with Crippen LogP contribution in [0, 0.1) is 10.1 Å². The third-order valence-electron chi connectivity index (χ3n) is 3.48. The van der Waals surface area contributed by atoms with Gasteiger partial charge in [0.2, 0.25) is 0 Å². The first-order valence-corrected chi connectivity index (χ1v) is 6.17. The summed E-state index contributed by atoms with van der Waals surface area (Å²) in [6, 6.07) is 4.98. The number of nitro benzene ring substituents is 1. The van der Waals surface area contributed by atoms with Crippen molar-refractivity contribution in [1.82, 2.24) is 0 Å². The lowest BCUT2D eigenvalue weighted by molar-refractivity contribution is -0.385. The van der Waals surface area contributed by atoms with E-state index < -0.39 is 4.92 Å². The van der Waals surface area contributed by atoms with Crippen molar-refractivity contribution < 1.29 is 14.5 Å². The number of nitro groups is 1. The molecule has 1 saturated heterocycles. The lowest BCUT2D eigenvalue weighted by atomic mass is 10.1. The second kappa shape index (κ2) is 5.79. The molecule has 0 bridgehead atoms. The van der Waals surface area contributed by atoms with Crippen LogP contribution >= 0.6 is 0 Å². The van der Waals surface area contributed by atoms with Crippen LogP contribution in [0.4, 0.5) is 11.4 Å². The molecule has 0 aromatic heterocycles. The van der Waals surface area contributed by atoms with Gasteiger partial charge in [-0.2, -0.15) is 0 Å². The Kier molecular flexibility index (Phi) is 4.11. The predicted octanol–water partition coefficient (Wildman–Crippen LogP) is 2.02. The fourth-order valence-electron chi connectivity index (χ4n) is 2.31. The van der Waals surface area contributed by atoms with E-state index in [9.17, 15) is 14.9 Å². The van der Waals surface area contributed by atoms with E-state index in [1.807, 2.05) is 7.05 Å². The highest BCUT2D eigenvalue weighted by Gasteiger charge is 2.21. The van der Waals surface area contributed by atoms with E-state index >= 15 is 0 Å². The van der Waals surface area contributed by atoms with Gasteiger partial charge in [-0.05, 0) is 25.0 Å². The molecular weight excluding hydrogens is 248 g/mol. The van der Waals surface area contributed by atoms with E-state index in [0.29, 0.717) is 12.3 Å². The topological polar surface area (TPSA) is 72.7 Å². The number of aldehydes is 1. The Balaban J connectivity index is 2.24. The monoisotopic (exact) mass is 264 g/mol. The molecule has 102 valence electrons. The molecule has 6 heteroatoms. The van der Waals surface area contributed by atoms with E-state index in [1.165, 1.54) is 6.07 Å². The average Bonchev–Trinajstić information content (AvgIpc) is 2.46. The maximum atomic E-state index is 10.9. The SMILES string of the molecule is CN(c1ccc([N+](=O)[O-])c(C=O)c1)C1CCOCC1. The summed E-state index contributed by atoms with van der Waals surface area (Å²) in [7, 11) is 1.94. The molecule has 0 radical (unpaired) electrons. The second-order valence-corrected chi connectivity index (χ2v) is 4.57. The molecule has 1 aromatic carbocycles. The van der Waals surface area contributed by atoms with Gasteiger partial charge in [-0.15, -0.1) is 0 Å². The molecule has 19 heavy (non-hydrogen) atoms. The Hall–Kier alpha value is -1.95. The van der Waals surface area contributed by atoms with Crippen LogP contribution < -0.4 is 4.90 Å². The Morgan fingerprint density at radius 3 is 2.68 bits per heavy atom. The van der Waals surface area contributed by atoms with Crippen molar-refractivity contribution in [2.24, 2.45) is 0 Å². The van der Waals surface area contributed by atoms with Gasteiger partial charge in [0.1, 0.15) is 0 Å². The number of hydrogen-bond donors (Lipinski definition) is 0. The summed E-state index contributed by atoms with van der Waals surface area (Å²) in [5.41, 5.74) is 0.778. The number of benzene rings is 1. The number of rotatable bonds is 4. The Morgan fingerprint density at radius 1 is 1.42 bits per heavy atom. The van der Waals surface area contributed by atoms with Gasteiger partial charge in [-0.25, -0.2) is 0 Å². The normalized spacial score (nSPS) is 16.1. The molecule has 6 nitrogen and oxygen atoms in total. The maximum Gasteiger partial charge on any atom is 0.280 e. The smallest absolute Gasteiger partial charge is 0.280 e. The largest absolute Gasteiger partial charge is 0.381 e. The number of hydrogen-bond acceptors (Lipinski definition) is 5. The highest BCUT2D eigenvalue weighted by molar-refractivity contribution is 5.83. The van der Waals surface area contributed by atoms with Crippen molar-refractivity contribution in [3.05, 3.63) is 33.9 Å². The average molecular weight is 264 g/mol. The van der Waals surface area contributed by atoms with E-state index in [2.05, 4.69) is 4.90 Å². The zero-order chi connectivity index (χ0) is 13.8. The molecule has 1 aliphatic heterocycles. The molecule has 0 saturated carbocycles. The number of carbonyl (C=O) groups is 1. The van der Waals surface area contributed by atoms with Gasteiger partial charge in [0.05, 0.1) is 10.5 Å². The lowest BCUT2D eigenvalue weighted by Gasteiger charge is -2.33. The Labute approximate surface area is 111 Å². The lowest BCUT2D eigenvalue weighted by Crippen LogP contribution is -2.36. The van der Waals surface area contributed by atoms with Crippen LogP contribution in [0.1, 0.15) is 23.2 Å². The first-order valence-electron chi connectivity index (χ1n) is 6.17. The highest BCUT2D eigenvalue weighted by atomic mass is 16.6.